The minimum Gasteiger partial charge on any atom is -0.179 e. The largest absolute Gasteiger partial charge is 0.179 e. The molecule has 0 nitrogen and oxygen atoms in total. The van der Waals surface area contributed by atoms with Crippen LogP contribution in [0.15, 0.2) is 42.5 Å². The van der Waals surface area contributed by atoms with E-state index >= 15 is 0 Å². The zero-order valence-electron chi connectivity index (χ0n) is 8.57. The topological polar surface area (TPSA) is 0 Å². The number of halogens is 2. The van der Waals surface area contributed by atoms with Gasteiger partial charge in [-0.3, -0.25) is 0 Å². The van der Waals surface area contributed by atoms with Crippen molar-refractivity contribution in [3.63, 3.8) is 0 Å². The molecule has 0 N–H and O–H groups in total. The maximum absolute atomic E-state index is 3.30. The Morgan fingerprint density at radius 1 is 0.875 bits per heavy atom. The molecule has 0 amide bonds. The molecule has 0 radical (unpaired) electrons. The zero-order valence-corrected chi connectivity index (χ0v) is 13.8. The van der Waals surface area contributed by atoms with Gasteiger partial charge in [0.2, 0.25) is 0 Å². The van der Waals surface area contributed by atoms with E-state index in [4.69, 9.17) is 0 Å². The molecule has 0 bridgehead atoms. The van der Waals surface area contributed by atoms with Gasteiger partial charge in [-0.25, -0.2) is 0 Å². The minimum absolute atomic E-state index is 0. The van der Waals surface area contributed by atoms with E-state index in [1.807, 2.05) is 6.07 Å². The van der Waals surface area contributed by atoms with Crippen LogP contribution in [-0.4, -0.2) is 0 Å². The molecule has 0 atom stereocenters. The summed E-state index contributed by atoms with van der Waals surface area (Å²) in [5, 5.41) is 0. The summed E-state index contributed by atoms with van der Waals surface area (Å²) in [5.41, 5.74) is 5.51. The molecular formula is C13H11Cl2Hf-. The smallest absolute Gasteiger partial charge is 0 e. The summed E-state index contributed by atoms with van der Waals surface area (Å²) >= 11 is 0. The Balaban J connectivity index is 0.000000750. The van der Waals surface area contributed by atoms with Crippen LogP contribution in [0.25, 0.3) is 11.1 Å². The summed E-state index contributed by atoms with van der Waals surface area (Å²) < 4.78 is 0. The van der Waals surface area contributed by atoms with Gasteiger partial charge in [0, 0.05) is 25.8 Å². The molecule has 0 aromatic heterocycles. The third-order valence-corrected chi connectivity index (χ3v) is 2.62. The summed E-state index contributed by atoms with van der Waals surface area (Å²) in [6, 6.07) is 18.1. The minimum atomic E-state index is 0. The zero-order chi connectivity index (χ0) is 8.67. The average molecular weight is 417 g/mol. The number of hydrogen-bond acceptors (Lipinski definition) is 0. The van der Waals surface area contributed by atoms with Gasteiger partial charge in [0.25, 0.3) is 0 Å². The summed E-state index contributed by atoms with van der Waals surface area (Å²) in [5.74, 6) is 0. The molecule has 1 aliphatic carbocycles. The van der Waals surface area contributed by atoms with E-state index in [-0.39, 0.29) is 50.7 Å². The van der Waals surface area contributed by atoms with Gasteiger partial charge in [0.05, 0.1) is 0 Å². The molecule has 1 aliphatic rings. The van der Waals surface area contributed by atoms with E-state index in [0.29, 0.717) is 0 Å². The second-order valence-electron chi connectivity index (χ2n) is 3.40. The number of benzene rings is 2. The van der Waals surface area contributed by atoms with Gasteiger partial charge in [-0.2, -0.15) is 29.8 Å². The van der Waals surface area contributed by atoms with Crippen molar-refractivity contribution in [1.29, 1.82) is 0 Å². The maximum atomic E-state index is 3.30. The number of rotatable bonds is 0. The van der Waals surface area contributed by atoms with Crippen molar-refractivity contribution in [3.05, 3.63) is 59.7 Å². The summed E-state index contributed by atoms with van der Waals surface area (Å²) in [7, 11) is 0. The van der Waals surface area contributed by atoms with Crippen LogP contribution in [0.2, 0.25) is 0 Å². The Morgan fingerprint density at radius 2 is 1.56 bits per heavy atom. The Morgan fingerprint density at radius 3 is 2.38 bits per heavy atom. The Bertz CT molecular complexity index is 425. The normalized spacial score (nSPS) is 10.0. The first-order valence-corrected chi connectivity index (χ1v) is 4.53. The third kappa shape index (κ3) is 2.58. The van der Waals surface area contributed by atoms with E-state index in [1.165, 1.54) is 22.3 Å². The van der Waals surface area contributed by atoms with Gasteiger partial charge < -0.3 is 0 Å². The quantitative estimate of drug-likeness (QED) is 0.385. The number of fused-ring (bicyclic) bond motifs is 3. The van der Waals surface area contributed by atoms with Crippen LogP contribution < -0.4 is 0 Å². The fourth-order valence-corrected chi connectivity index (χ4v) is 2.00. The molecular weight excluding hydrogens is 406 g/mol. The fraction of sp³-hybridized carbons (Fsp3) is 0.0769. The van der Waals surface area contributed by atoms with E-state index in [1.54, 1.807) is 0 Å². The van der Waals surface area contributed by atoms with E-state index < -0.39 is 0 Å². The molecule has 0 unspecified atom stereocenters. The summed E-state index contributed by atoms with van der Waals surface area (Å²) in [4.78, 5) is 0. The molecule has 16 heavy (non-hydrogen) atoms. The van der Waals surface area contributed by atoms with Gasteiger partial charge >= 0.3 is 0 Å². The molecule has 82 valence electrons. The number of hydrogen-bond donors (Lipinski definition) is 0. The van der Waals surface area contributed by atoms with Crippen LogP contribution in [0.4, 0.5) is 0 Å². The first-order chi connectivity index (χ1) is 6.45. The van der Waals surface area contributed by atoms with Gasteiger partial charge in [-0.05, 0) is 6.42 Å². The Kier molecular flexibility index (Phi) is 6.54. The molecule has 0 saturated carbocycles. The van der Waals surface area contributed by atoms with Crippen LogP contribution in [0.5, 0.6) is 0 Å². The second kappa shape index (κ2) is 6.58. The Hall–Kier alpha value is -0.110. The summed E-state index contributed by atoms with van der Waals surface area (Å²) in [6.45, 7) is 0. The van der Waals surface area contributed by atoms with Crippen LogP contribution in [0.1, 0.15) is 11.1 Å². The van der Waals surface area contributed by atoms with E-state index in [9.17, 15) is 0 Å². The average Bonchev–Trinajstić information content (AvgIpc) is 2.56. The molecule has 2 aromatic carbocycles. The van der Waals surface area contributed by atoms with Crippen molar-refractivity contribution in [1.82, 2.24) is 0 Å². The standard InChI is InChI=1S/C13H9.2ClH.Hf/c1-3-7-12-10(5-1)9-11-6-2-4-8-13(11)12;;;/h1-5,7-8H,9H2;2*1H;/q-1;;;. The van der Waals surface area contributed by atoms with Crippen molar-refractivity contribution in [2.75, 3.05) is 0 Å². The molecule has 0 saturated heterocycles. The first kappa shape index (κ1) is 15.9. The van der Waals surface area contributed by atoms with Crippen LogP contribution in [-0.2, 0) is 32.3 Å². The third-order valence-electron chi connectivity index (χ3n) is 2.62. The predicted molar refractivity (Wildman–Crippen MR) is 68.0 cm³/mol. The first-order valence-electron chi connectivity index (χ1n) is 4.53. The van der Waals surface area contributed by atoms with Crippen LogP contribution in [0.3, 0.4) is 0 Å². The predicted octanol–water partition coefficient (Wildman–Crippen LogP) is 3.90. The van der Waals surface area contributed by atoms with E-state index in [2.05, 4.69) is 42.5 Å². The maximum Gasteiger partial charge on any atom is 0 e. The van der Waals surface area contributed by atoms with E-state index in [0.717, 1.165) is 6.42 Å². The molecule has 3 heteroatoms. The molecule has 0 aliphatic heterocycles. The molecule has 2 aromatic rings. The van der Waals surface area contributed by atoms with Crippen molar-refractivity contribution in [2.24, 2.45) is 0 Å². The second-order valence-corrected chi connectivity index (χ2v) is 3.40. The van der Waals surface area contributed by atoms with Gasteiger partial charge in [-0.1, -0.05) is 35.4 Å². The SMILES string of the molecule is Cl.Cl.[Hf].[c-]1cccc2c1Cc1ccccc1-2. The van der Waals surface area contributed by atoms with Gasteiger partial charge in [0.15, 0.2) is 0 Å². The van der Waals surface area contributed by atoms with Crippen molar-refractivity contribution < 1.29 is 25.8 Å². The Labute approximate surface area is 127 Å². The van der Waals surface area contributed by atoms with Crippen LogP contribution in [0, 0.1) is 6.07 Å². The fourth-order valence-electron chi connectivity index (χ4n) is 2.00. The van der Waals surface area contributed by atoms with Crippen LogP contribution >= 0.6 is 24.8 Å². The van der Waals surface area contributed by atoms with Crippen molar-refractivity contribution in [2.45, 2.75) is 6.42 Å². The summed E-state index contributed by atoms with van der Waals surface area (Å²) in [6.07, 6.45) is 1.05. The van der Waals surface area contributed by atoms with Gasteiger partial charge in [-0.15, -0.1) is 30.4 Å². The molecule has 0 heterocycles. The van der Waals surface area contributed by atoms with Crippen molar-refractivity contribution >= 4 is 24.8 Å². The molecule has 3 rings (SSSR count). The molecule has 0 spiro atoms. The molecule has 0 fully saturated rings. The van der Waals surface area contributed by atoms with Crippen molar-refractivity contribution in [3.8, 4) is 11.1 Å². The van der Waals surface area contributed by atoms with Gasteiger partial charge in [0.1, 0.15) is 0 Å². The monoisotopic (exact) mass is 417 g/mol.